The molecule has 22 heavy (non-hydrogen) atoms. The van der Waals surface area contributed by atoms with Crippen LogP contribution >= 0.6 is 0 Å². The molecule has 0 aromatic carbocycles. The molecule has 0 bridgehead atoms. The van der Waals surface area contributed by atoms with Crippen molar-refractivity contribution < 1.29 is 9.21 Å². The van der Waals surface area contributed by atoms with Gasteiger partial charge in [0.1, 0.15) is 5.76 Å². The Labute approximate surface area is 131 Å². The standard InChI is InChI=1S/C18H24N2O2/c1-19-12-5-9-16(19)17-8-3-2-4-13-20(17)18(21)11-10-15-7-6-14-22-15/h5-7,9,12,14,17H,2-4,8,10-11,13H2,1H3/t17-/m1/s1. The van der Waals surface area contributed by atoms with E-state index in [1.807, 2.05) is 12.1 Å². The van der Waals surface area contributed by atoms with E-state index in [2.05, 4.69) is 34.8 Å². The molecule has 0 unspecified atom stereocenters. The smallest absolute Gasteiger partial charge is 0.223 e. The van der Waals surface area contributed by atoms with E-state index in [1.54, 1.807) is 6.26 Å². The van der Waals surface area contributed by atoms with Crippen LogP contribution in [0.4, 0.5) is 0 Å². The molecule has 1 fully saturated rings. The molecule has 0 spiro atoms. The maximum Gasteiger partial charge on any atom is 0.223 e. The van der Waals surface area contributed by atoms with Gasteiger partial charge in [0.25, 0.3) is 0 Å². The van der Waals surface area contributed by atoms with Crippen molar-refractivity contribution in [3.8, 4) is 0 Å². The number of rotatable bonds is 4. The van der Waals surface area contributed by atoms with E-state index in [-0.39, 0.29) is 11.9 Å². The van der Waals surface area contributed by atoms with Crippen LogP contribution < -0.4 is 0 Å². The summed E-state index contributed by atoms with van der Waals surface area (Å²) >= 11 is 0. The van der Waals surface area contributed by atoms with Crippen LogP contribution in [0.3, 0.4) is 0 Å². The van der Waals surface area contributed by atoms with E-state index < -0.39 is 0 Å². The molecule has 2 aromatic rings. The highest BCUT2D eigenvalue weighted by atomic mass is 16.3. The van der Waals surface area contributed by atoms with Crippen LogP contribution in [-0.4, -0.2) is 21.9 Å². The topological polar surface area (TPSA) is 38.4 Å². The van der Waals surface area contributed by atoms with Crippen LogP contribution in [0.15, 0.2) is 41.1 Å². The van der Waals surface area contributed by atoms with Gasteiger partial charge in [-0.25, -0.2) is 0 Å². The van der Waals surface area contributed by atoms with Crippen molar-refractivity contribution in [3.63, 3.8) is 0 Å². The largest absolute Gasteiger partial charge is 0.469 e. The number of hydrogen-bond donors (Lipinski definition) is 0. The van der Waals surface area contributed by atoms with Gasteiger partial charge in [0.2, 0.25) is 5.91 Å². The Morgan fingerprint density at radius 2 is 2.18 bits per heavy atom. The van der Waals surface area contributed by atoms with Gasteiger partial charge in [-0.2, -0.15) is 0 Å². The second-order valence-electron chi connectivity index (χ2n) is 6.08. The molecule has 3 rings (SSSR count). The van der Waals surface area contributed by atoms with Gasteiger partial charge in [-0.1, -0.05) is 12.8 Å². The summed E-state index contributed by atoms with van der Waals surface area (Å²) in [5.41, 5.74) is 1.24. The number of amides is 1. The van der Waals surface area contributed by atoms with Crippen molar-refractivity contribution in [2.75, 3.05) is 6.54 Å². The van der Waals surface area contributed by atoms with Crippen molar-refractivity contribution in [1.29, 1.82) is 0 Å². The zero-order chi connectivity index (χ0) is 15.4. The van der Waals surface area contributed by atoms with Gasteiger partial charge < -0.3 is 13.9 Å². The Balaban J connectivity index is 1.72. The number of carbonyl (C=O) groups excluding carboxylic acids is 1. The van der Waals surface area contributed by atoms with Crippen molar-refractivity contribution in [2.45, 2.75) is 44.6 Å². The van der Waals surface area contributed by atoms with Gasteiger partial charge in [0.05, 0.1) is 12.3 Å². The summed E-state index contributed by atoms with van der Waals surface area (Å²) in [5, 5.41) is 0. The molecule has 118 valence electrons. The molecular weight excluding hydrogens is 276 g/mol. The summed E-state index contributed by atoms with van der Waals surface area (Å²) in [4.78, 5) is 14.8. The van der Waals surface area contributed by atoms with Gasteiger partial charge in [-0.15, -0.1) is 0 Å². The average Bonchev–Trinajstić information content (AvgIpc) is 3.12. The van der Waals surface area contributed by atoms with Crippen LogP contribution in [-0.2, 0) is 18.3 Å². The van der Waals surface area contributed by atoms with E-state index in [1.165, 1.54) is 18.5 Å². The van der Waals surface area contributed by atoms with E-state index in [0.717, 1.165) is 25.1 Å². The highest BCUT2D eigenvalue weighted by molar-refractivity contribution is 5.77. The Morgan fingerprint density at radius 3 is 2.91 bits per heavy atom. The third-order valence-electron chi connectivity index (χ3n) is 4.56. The Kier molecular flexibility index (Phi) is 4.66. The van der Waals surface area contributed by atoms with Gasteiger partial charge >= 0.3 is 0 Å². The van der Waals surface area contributed by atoms with Crippen molar-refractivity contribution in [1.82, 2.24) is 9.47 Å². The maximum absolute atomic E-state index is 12.7. The Hall–Kier alpha value is -1.97. The number of hydrogen-bond acceptors (Lipinski definition) is 2. The summed E-state index contributed by atoms with van der Waals surface area (Å²) < 4.78 is 7.48. The predicted molar refractivity (Wildman–Crippen MR) is 85.4 cm³/mol. The summed E-state index contributed by atoms with van der Waals surface area (Å²) in [7, 11) is 2.06. The third-order valence-corrected chi connectivity index (χ3v) is 4.56. The fourth-order valence-corrected chi connectivity index (χ4v) is 3.36. The van der Waals surface area contributed by atoms with Crippen LogP contribution in [0, 0.1) is 0 Å². The lowest BCUT2D eigenvalue weighted by Crippen LogP contribution is -2.35. The first-order chi connectivity index (χ1) is 10.8. The van der Waals surface area contributed by atoms with Crippen LogP contribution in [0.25, 0.3) is 0 Å². The fourth-order valence-electron chi connectivity index (χ4n) is 3.36. The highest BCUT2D eigenvalue weighted by Crippen LogP contribution is 2.30. The molecule has 4 nitrogen and oxygen atoms in total. The van der Waals surface area contributed by atoms with Gasteiger partial charge in [0, 0.05) is 38.3 Å². The molecule has 0 saturated carbocycles. The maximum atomic E-state index is 12.7. The van der Waals surface area contributed by atoms with Gasteiger partial charge in [-0.3, -0.25) is 4.79 Å². The molecule has 0 N–H and O–H groups in total. The van der Waals surface area contributed by atoms with Crippen LogP contribution in [0.2, 0.25) is 0 Å². The molecule has 1 aliphatic rings. The van der Waals surface area contributed by atoms with Gasteiger partial charge in [-0.05, 0) is 37.1 Å². The molecule has 1 amide bonds. The summed E-state index contributed by atoms with van der Waals surface area (Å²) in [6.07, 6.45) is 9.50. The van der Waals surface area contributed by atoms with E-state index in [9.17, 15) is 4.79 Å². The van der Waals surface area contributed by atoms with Crippen LogP contribution in [0.5, 0.6) is 0 Å². The summed E-state index contributed by atoms with van der Waals surface area (Å²) in [6, 6.07) is 8.23. The fraction of sp³-hybridized carbons (Fsp3) is 0.500. The molecule has 1 aliphatic heterocycles. The lowest BCUT2D eigenvalue weighted by atomic mass is 10.1. The van der Waals surface area contributed by atoms with Crippen molar-refractivity contribution in [2.24, 2.45) is 7.05 Å². The highest BCUT2D eigenvalue weighted by Gasteiger charge is 2.27. The SMILES string of the molecule is Cn1cccc1[C@H]1CCCCCN1C(=O)CCc1ccco1. The number of likely N-dealkylation sites (tertiary alicyclic amines) is 1. The summed E-state index contributed by atoms with van der Waals surface area (Å²) in [6.45, 7) is 0.868. The minimum atomic E-state index is 0.214. The second kappa shape index (κ2) is 6.86. The average molecular weight is 300 g/mol. The minimum absolute atomic E-state index is 0.214. The molecule has 1 saturated heterocycles. The van der Waals surface area contributed by atoms with E-state index in [4.69, 9.17) is 4.42 Å². The number of aromatic nitrogens is 1. The quantitative estimate of drug-likeness (QED) is 0.863. The molecule has 3 heterocycles. The second-order valence-corrected chi connectivity index (χ2v) is 6.08. The molecule has 0 radical (unpaired) electrons. The first-order valence-corrected chi connectivity index (χ1v) is 8.19. The number of aryl methyl sites for hydroxylation is 2. The van der Waals surface area contributed by atoms with Gasteiger partial charge in [0.15, 0.2) is 0 Å². The first-order valence-electron chi connectivity index (χ1n) is 8.19. The molecule has 4 heteroatoms. The molecule has 0 aliphatic carbocycles. The molecule has 2 aromatic heterocycles. The van der Waals surface area contributed by atoms with E-state index >= 15 is 0 Å². The molecule has 1 atom stereocenters. The lowest BCUT2D eigenvalue weighted by molar-refractivity contribution is -0.133. The monoisotopic (exact) mass is 300 g/mol. The number of carbonyl (C=O) groups is 1. The summed E-state index contributed by atoms with van der Waals surface area (Å²) in [5.74, 6) is 1.13. The van der Waals surface area contributed by atoms with E-state index in [0.29, 0.717) is 12.8 Å². The predicted octanol–water partition coefficient (Wildman–Crippen LogP) is 3.69. The first kappa shape index (κ1) is 14.9. The number of furan rings is 1. The molecular formula is C18H24N2O2. The van der Waals surface area contributed by atoms with Crippen molar-refractivity contribution >= 4 is 5.91 Å². The Morgan fingerprint density at radius 1 is 1.27 bits per heavy atom. The Bertz CT molecular complexity index is 600. The lowest BCUT2D eigenvalue weighted by Gasteiger charge is -2.30. The third kappa shape index (κ3) is 3.26. The van der Waals surface area contributed by atoms with Crippen molar-refractivity contribution in [3.05, 3.63) is 48.2 Å². The van der Waals surface area contributed by atoms with Crippen LogP contribution in [0.1, 0.15) is 49.6 Å². The zero-order valence-corrected chi connectivity index (χ0v) is 13.2. The minimum Gasteiger partial charge on any atom is -0.469 e. The zero-order valence-electron chi connectivity index (χ0n) is 13.2. The normalized spacial score (nSPS) is 19.1. The number of nitrogens with zero attached hydrogens (tertiary/aromatic N) is 2.